The lowest BCUT2D eigenvalue weighted by atomic mass is 9.59. The highest BCUT2D eigenvalue weighted by Gasteiger charge is 2.48. The number of hydrogen-bond acceptors (Lipinski definition) is 2. The highest BCUT2D eigenvalue weighted by atomic mass is 16.2. The second-order valence-corrected chi connectivity index (χ2v) is 6.77. The molecular formula is C15H25NO2. The third-order valence-electron chi connectivity index (χ3n) is 4.87. The van der Waals surface area contributed by atoms with Crippen LogP contribution in [0.5, 0.6) is 0 Å². The van der Waals surface area contributed by atoms with Gasteiger partial charge in [-0.2, -0.15) is 0 Å². The van der Waals surface area contributed by atoms with Crippen LogP contribution in [0.1, 0.15) is 59.3 Å². The molecule has 3 nitrogen and oxygen atoms in total. The van der Waals surface area contributed by atoms with E-state index in [0.29, 0.717) is 18.3 Å². The molecule has 3 unspecified atom stereocenters. The average molecular weight is 251 g/mol. The van der Waals surface area contributed by atoms with Crippen LogP contribution in [-0.2, 0) is 9.59 Å². The first-order valence-corrected chi connectivity index (χ1v) is 7.26. The Labute approximate surface area is 110 Å². The van der Waals surface area contributed by atoms with Crippen molar-refractivity contribution >= 4 is 11.8 Å². The van der Waals surface area contributed by atoms with Gasteiger partial charge in [0.2, 0.25) is 11.8 Å². The van der Waals surface area contributed by atoms with E-state index in [2.05, 4.69) is 19.2 Å². The Hall–Kier alpha value is -0.860. The number of amides is 2. The first-order valence-electron chi connectivity index (χ1n) is 7.26. The van der Waals surface area contributed by atoms with Crippen LogP contribution in [0.4, 0.5) is 0 Å². The van der Waals surface area contributed by atoms with E-state index in [4.69, 9.17) is 0 Å². The maximum Gasteiger partial charge on any atom is 0.229 e. The molecule has 2 fully saturated rings. The summed E-state index contributed by atoms with van der Waals surface area (Å²) in [7, 11) is 0. The zero-order valence-corrected chi connectivity index (χ0v) is 11.8. The van der Waals surface area contributed by atoms with Crippen LogP contribution < -0.4 is 5.32 Å². The Morgan fingerprint density at radius 3 is 2.78 bits per heavy atom. The van der Waals surface area contributed by atoms with E-state index < -0.39 is 0 Å². The molecule has 1 saturated carbocycles. The van der Waals surface area contributed by atoms with E-state index in [0.717, 1.165) is 12.8 Å². The lowest BCUT2D eigenvalue weighted by molar-refractivity contribution is -0.145. The fraction of sp³-hybridized carbons (Fsp3) is 0.867. The topological polar surface area (TPSA) is 46.2 Å². The van der Waals surface area contributed by atoms with Gasteiger partial charge in [0, 0.05) is 12.3 Å². The standard InChI is InChI=1S/C15H25NO2/c1-10(2)7-12-5-4-6-15(8-12)9-13(17)16-14(18)11(15)3/h10-12H,4-9H2,1-3H3,(H,16,17,18). The minimum atomic E-state index is -0.0664. The van der Waals surface area contributed by atoms with Crippen LogP contribution in [0.2, 0.25) is 0 Å². The summed E-state index contributed by atoms with van der Waals surface area (Å²) in [5, 5.41) is 2.48. The molecule has 1 heterocycles. The first kappa shape index (κ1) is 13.6. The predicted molar refractivity (Wildman–Crippen MR) is 70.8 cm³/mol. The van der Waals surface area contributed by atoms with Gasteiger partial charge in [-0.05, 0) is 36.5 Å². The third-order valence-corrected chi connectivity index (χ3v) is 4.87. The van der Waals surface area contributed by atoms with Crippen LogP contribution >= 0.6 is 0 Å². The Morgan fingerprint density at radius 2 is 2.11 bits per heavy atom. The van der Waals surface area contributed by atoms with Crippen LogP contribution in [0.3, 0.4) is 0 Å². The summed E-state index contributed by atoms with van der Waals surface area (Å²) < 4.78 is 0. The van der Waals surface area contributed by atoms with Crippen molar-refractivity contribution < 1.29 is 9.59 Å². The van der Waals surface area contributed by atoms with Gasteiger partial charge >= 0.3 is 0 Å². The van der Waals surface area contributed by atoms with Gasteiger partial charge in [0.25, 0.3) is 0 Å². The molecule has 2 aliphatic rings. The lowest BCUT2D eigenvalue weighted by Crippen LogP contribution is -2.52. The van der Waals surface area contributed by atoms with Crippen molar-refractivity contribution in [1.29, 1.82) is 0 Å². The summed E-state index contributed by atoms with van der Waals surface area (Å²) in [6.07, 6.45) is 6.32. The van der Waals surface area contributed by atoms with Gasteiger partial charge in [0.15, 0.2) is 0 Å². The molecule has 3 heteroatoms. The van der Waals surface area contributed by atoms with Crippen LogP contribution in [-0.4, -0.2) is 11.8 Å². The van der Waals surface area contributed by atoms with Crippen molar-refractivity contribution in [2.75, 3.05) is 0 Å². The lowest BCUT2D eigenvalue weighted by Gasteiger charge is -2.46. The number of hydrogen-bond donors (Lipinski definition) is 1. The monoisotopic (exact) mass is 251 g/mol. The smallest absolute Gasteiger partial charge is 0.229 e. The number of carbonyl (C=O) groups is 2. The number of piperidine rings is 1. The van der Waals surface area contributed by atoms with Gasteiger partial charge < -0.3 is 0 Å². The minimum Gasteiger partial charge on any atom is -0.296 e. The van der Waals surface area contributed by atoms with E-state index in [1.165, 1.54) is 19.3 Å². The summed E-state index contributed by atoms with van der Waals surface area (Å²) in [4.78, 5) is 23.6. The van der Waals surface area contributed by atoms with Gasteiger partial charge in [-0.25, -0.2) is 0 Å². The normalized spacial score (nSPS) is 37.1. The molecule has 2 amide bonds. The zero-order chi connectivity index (χ0) is 13.3. The SMILES string of the molecule is CC(C)CC1CCCC2(CC(=O)NC(=O)C2C)C1. The van der Waals surface area contributed by atoms with E-state index in [-0.39, 0.29) is 23.1 Å². The number of nitrogens with one attached hydrogen (secondary N) is 1. The quantitative estimate of drug-likeness (QED) is 0.767. The van der Waals surface area contributed by atoms with E-state index in [1.807, 2.05) is 6.92 Å². The zero-order valence-electron chi connectivity index (χ0n) is 11.8. The molecule has 1 N–H and O–H groups in total. The molecule has 3 atom stereocenters. The third kappa shape index (κ3) is 2.60. The number of imide groups is 1. The predicted octanol–water partition coefficient (Wildman–Crippen LogP) is 2.89. The highest BCUT2D eigenvalue weighted by Crippen LogP contribution is 2.50. The Balaban J connectivity index is 2.13. The second kappa shape index (κ2) is 5.02. The minimum absolute atomic E-state index is 0.00911. The molecule has 1 saturated heterocycles. The molecule has 0 aromatic heterocycles. The summed E-state index contributed by atoms with van der Waals surface area (Å²) in [5.41, 5.74) is -0.0444. The Bertz CT molecular complexity index is 350. The molecule has 0 bridgehead atoms. The number of rotatable bonds is 2. The van der Waals surface area contributed by atoms with Crippen molar-refractivity contribution in [3.05, 3.63) is 0 Å². The fourth-order valence-electron chi connectivity index (χ4n) is 3.98. The first-order chi connectivity index (χ1) is 8.43. The van der Waals surface area contributed by atoms with Gasteiger partial charge in [0.1, 0.15) is 0 Å². The van der Waals surface area contributed by atoms with Gasteiger partial charge in [-0.15, -0.1) is 0 Å². The maximum absolute atomic E-state index is 11.9. The van der Waals surface area contributed by atoms with Gasteiger partial charge in [-0.1, -0.05) is 33.6 Å². The van der Waals surface area contributed by atoms with Gasteiger partial charge in [-0.3, -0.25) is 14.9 Å². The van der Waals surface area contributed by atoms with Crippen molar-refractivity contribution in [3.63, 3.8) is 0 Å². The van der Waals surface area contributed by atoms with Crippen molar-refractivity contribution in [1.82, 2.24) is 5.32 Å². The molecule has 2 rings (SSSR count). The second-order valence-electron chi connectivity index (χ2n) is 6.77. The van der Waals surface area contributed by atoms with Crippen LogP contribution in [0, 0.1) is 23.2 Å². The van der Waals surface area contributed by atoms with Crippen molar-refractivity contribution in [2.45, 2.75) is 59.3 Å². The Morgan fingerprint density at radius 1 is 1.39 bits per heavy atom. The average Bonchev–Trinajstić information content (AvgIpc) is 2.25. The largest absolute Gasteiger partial charge is 0.296 e. The molecule has 1 aliphatic heterocycles. The molecule has 0 radical (unpaired) electrons. The summed E-state index contributed by atoms with van der Waals surface area (Å²) in [6.45, 7) is 6.51. The molecule has 1 spiro atoms. The number of carbonyl (C=O) groups excluding carboxylic acids is 2. The van der Waals surface area contributed by atoms with Gasteiger partial charge in [0.05, 0.1) is 0 Å². The highest BCUT2D eigenvalue weighted by molar-refractivity contribution is 5.99. The molecule has 102 valence electrons. The van der Waals surface area contributed by atoms with Crippen LogP contribution in [0.25, 0.3) is 0 Å². The summed E-state index contributed by atoms with van der Waals surface area (Å²) >= 11 is 0. The summed E-state index contributed by atoms with van der Waals surface area (Å²) in [6, 6.07) is 0. The summed E-state index contributed by atoms with van der Waals surface area (Å²) in [5.74, 6) is 1.26. The van der Waals surface area contributed by atoms with Crippen molar-refractivity contribution in [3.8, 4) is 0 Å². The van der Waals surface area contributed by atoms with E-state index in [1.54, 1.807) is 0 Å². The molecule has 1 aliphatic carbocycles. The Kier molecular flexibility index (Phi) is 3.79. The molecule has 0 aromatic carbocycles. The van der Waals surface area contributed by atoms with E-state index >= 15 is 0 Å². The van der Waals surface area contributed by atoms with Crippen LogP contribution in [0.15, 0.2) is 0 Å². The molecule has 18 heavy (non-hydrogen) atoms. The van der Waals surface area contributed by atoms with E-state index in [9.17, 15) is 9.59 Å². The van der Waals surface area contributed by atoms with Crippen molar-refractivity contribution in [2.24, 2.45) is 23.2 Å². The molecular weight excluding hydrogens is 226 g/mol. The fourth-order valence-corrected chi connectivity index (χ4v) is 3.98. The maximum atomic E-state index is 11.9. The molecule has 0 aromatic rings.